The van der Waals surface area contributed by atoms with Crippen molar-refractivity contribution in [3.63, 3.8) is 0 Å². The second-order valence-corrected chi connectivity index (χ2v) is 5.89. The number of piperidine rings is 1. The van der Waals surface area contributed by atoms with Crippen molar-refractivity contribution in [3.05, 3.63) is 15.9 Å². The fraction of sp³-hybridized carbons (Fsp3) is 0.769. The van der Waals surface area contributed by atoms with Crippen LogP contribution in [-0.4, -0.2) is 40.9 Å². The Kier molecular flexibility index (Phi) is 4.81. The third-order valence-corrected chi connectivity index (χ3v) is 4.71. The quantitative estimate of drug-likeness (QED) is 0.922. The summed E-state index contributed by atoms with van der Waals surface area (Å²) in [4.78, 5) is 2.44. The number of aromatic nitrogens is 2. The van der Waals surface area contributed by atoms with Crippen molar-refractivity contribution in [2.24, 2.45) is 7.05 Å². The Morgan fingerprint density at radius 1 is 1.56 bits per heavy atom. The van der Waals surface area contributed by atoms with E-state index < -0.39 is 0 Å². The van der Waals surface area contributed by atoms with Gasteiger partial charge in [0.2, 0.25) is 0 Å². The average molecular weight is 315 g/mol. The summed E-state index contributed by atoms with van der Waals surface area (Å²) in [6.07, 6.45) is 3.55. The number of aryl methyl sites for hydroxylation is 2. The molecule has 0 spiro atoms. The molecule has 0 aromatic carbocycles. The second-order valence-electron chi connectivity index (χ2n) is 5.10. The summed E-state index contributed by atoms with van der Waals surface area (Å²) in [5.74, 6) is 0. The smallest absolute Gasteiger partial charge is 0.0767 e. The van der Waals surface area contributed by atoms with Gasteiger partial charge in [0.25, 0.3) is 0 Å². The number of likely N-dealkylation sites (N-methyl/N-ethyl adjacent to an activating group) is 1. The monoisotopic (exact) mass is 314 g/mol. The summed E-state index contributed by atoms with van der Waals surface area (Å²) in [5, 5.41) is 8.03. The molecule has 1 N–H and O–H groups in total. The number of nitrogens with one attached hydrogen (secondary N) is 1. The van der Waals surface area contributed by atoms with Gasteiger partial charge in [0, 0.05) is 26.2 Å². The molecule has 1 aliphatic heterocycles. The first kappa shape index (κ1) is 14.0. The molecule has 0 aliphatic carbocycles. The Balaban J connectivity index is 2.06. The number of hydrogen-bond donors (Lipinski definition) is 1. The van der Waals surface area contributed by atoms with Gasteiger partial charge in [0.05, 0.1) is 15.9 Å². The predicted octanol–water partition coefficient (Wildman–Crippen LogP) is 1.93. The summed E-state index contributed by atoms with van der Waals surface area (Å²) in [6.45, 7) is 5.37. The molecule has 1 aromatic heterocycles. The molecule has 2 heterocycles. The van der Waals surface area contributed by atoms with Crippen molar-refractivity contribution in [1.82, 2.24) is 20.0 Å². The van der Waals surface area contributed by atoms with Gasteiger partial charge >= 0.3 is 0 Å². The molecule has 1 saturated heterocycles. The highest BCUT2D eigenvalue weighted by Crippen LogP contribution is 2.23. The molecule has 18 heavy (non-hydrogen) atoms. The van der Waals surface area contributed by atoms with E-state index in [1.807, 2.05) is 11.7 Å². The molecule has 1 aromatic rings. The van der Waals surface area contributed by atoms with Crippen LogP contribution in [0.5, 0.6) is 0 Å². The van der Waals surface area contributed by atoms with E-state index in [2.05, 4.69) is 45.2 Å². The normalized spacial score (nSPS) is 20.6. The molecule has 0 saturated carbocycles. The summed E-state index contributed by atoms with van der Waals surface area (Å²) in [7, 11) is 4.24. The molecule has 102 valence electrons. The Morgan fingerprint density at radius 3 is 2.89 bits per heavy atom. The molecule has 1 atom stereocenters. The SMILES string of the molecule is CCc1nn(C)c(CN(C)C2CCCNC2)c1Br. The van der Waals surface area contributed by atoms with Gasteiger partial charge in [-0.1, -0.05) is 6.92 Å². The van der Waals surface area contributed by atoms with Crippen molar-refractivity contribution < 1.29 is 0 Å². The van der Waals surface area contributed by atoms with Crippen molar-refractivity contribution >= 4 is 15.9 Å². The van der Waals surface area contributed by atoms with E-state index >= 15 is 0 Å². The second kappa shape index (κ2) is 6.17. The standard InChI is InChI=1S/C13H23BrN4/c1-4-11-13(14)12(18(3)16-11)9-17(2)10-6-5-7-15-8-10/h10,15H,4-9H2,1-3H3. The minimum Gasteiger partial charge on any atom is -0.315 e. The third kappa shape index (κ3) is 2.95. The molecule has 1 fully saturated rings. The largest absolute Gasteiger partial charge is 0.315 e. The maximum Gasteiger partial charge on any atom is 0.0767 e. The van der Waals surface area contributed by atoms with Crippen LogP contribution >= 0.6 is 15.9 Å². The number of hydrogen-bond acceptors (Lipinski definition) is 3. The van der Waals surface area contributed by atoms with E-state index in [-0.39, 0.29) is 0 Å². The molecule has 4 nitrogen and oxygen atoms in total. The van der Waals surface area contributed by atoms with Crippen LogP contribution in [0.4, 0.5) is 0 Å². The molecule has 0 radical (unpaired) electrons. The van der Waals surface area contributed by atoms with E-state index in [1.165, 1.54) is 29.6 Å². The molecule has 0 bridgehead atoms. The van der Waals surface area contributed by atoms with Crippen LogP contribution in [0.3, 0.4) is 0 Å². The summed E-state index contributed by atoms with van der Waals surface area (Å²) >= 11 is 3.69. The van der Waals surface area contributed by atoms with Crippen LogP contribution in [0.25, 0.3) is 0 Å². The van der Waals surface area contributed by atoms with Crippen LogP contribution < -0.4 is 5.32 Å². The molecule has 1 unspecified atom stereocenters. The van der Waals surface area contributed by atoms with Gasteiger partial charge in [0.15, 0.2) is 0 Å². The van der Waals surface area contributed by atoms with Crippen molar-refractivity contribution in [2.45, 2.75) is 38.8 Å². The molecule has 5 heteroatoms. The van der Waals surface area contributed by atoms with Gasteiger partial charge in [-0.15, -0.1) is 0 Å². The fourth-order valence-electron chi connectivity index (χ4n) is 2.57. The van der Waals surface area contributed by atoms with Gasteiger partial charge in [-0.3, -0.25) is 9.58 Å². The van der Waals surface area contributed by atoms with Crippen molar-refractivity contribution in [3.8, 4) is 0 Å². The lowest BCUT2D eigenvalue weighted by Gasteiger charge is -2.31. The van der Waals surface area contributed by atoms with Gasteiger partial charge in [-0.25, -0.2) is 0 Å². The first-order valence-electron chi connectivity index (χ1n) is 6.74. The topological polar surface area (TPSA) is 33.1 Å². The lowest BCUT2D eigenvalue weighted by molar-refractivity contribution is 0.191. The number of halogens is 1. The van der Waals surface area contributed by atoms with E-state index in [4.69, 9.17) is 0 Å². The van der Waals surface area contributed by atoms with E-state index in [9.17, 15) is 0 Å². The zero-order valence-electron chi connectivity index (χ0n) is 11.5. The Labute approximate surface area is 118 Å². The first-order valence-corrected chi connectivity index (χ1v) is 7.54. The molecule has 0 amide bonds. The Morgan fingerprint density at radius 2 is 2.33 bits per heavy atom. The predicted molar refractivity (Wildman–Crippen MR) is 77.6 cm³/mol. The van der Waals surface area contributed by atoms with Gasteiger partial charge in [-0.05, 0) is 48.8 Å². The lowest BCUT2D eigenvalue weighted by Crippen LogP contribution is -2.44. The molecule has 1 aliphatic rings. The van der Waals surface area contributed by atoms with Crippen LogP contribution in [0.1, 0.15) is 31.2 Å². The summed E-state index contributed by atoms with van der Waals surface area (Å²) in [5.41, 5.74) is 2.43. The van der Waals surface area contributed by atoms with Crippen LogP contribution in [0.15, 0.2) is 4.47 Å². The zero-order chi connectivity index (χ0) is 13.1. The fourth-order valence-corrected chi connectivity index (χ4v) is 3.31. The van der Waals surface area contributed by atoms with Crippen LogP contribution in [-0.2, 0) is 20.0 Å². The maximum absolute atomic E-state index is 4.55. The van der Waals surface area contributed by atoms with Gasteiger partial charge in [0.1, 0.15) is 0 Å². The zero-order valence-corrected chi connectivity index (χ0v) is 13.1. The minimum absolute atomic E-state index is 0.644. The van der Waals surface area contributed by atoms with Gasteiger partial charge < -0.3 is 5.32 Å². The summed E-state index contributed by atoms with van der Waals surface area (Å²) in [6, 6.07) is 0.644. The number of rotatable bonds is 4. The molecular weight excluding hydrogens is 292 g/mol. The van der Waals surface area contributed by atoms with E-state index in [1.54, 1.807) is 0 Å². The summed E-state index contributed by atoms with van der Waals surface area (Å²) < 4.78 is 3.19. The highest BCUT2D eigenvalue weighted by atomic mass is 79.9. The van der Waals surface area contributed by atoms with Crippen molar-refractivity contribution in [1.29, 1.82) is 0 Å². The third-order valence-electron chi connectivity index (χ3n) is 3.80. The van der Waals surface area contributed by atoms with Gasteiger partial charge in [-0.2, -0.15) is 5.10 Å². The van der Waals surface area contributed by atoms with Crippen molar-refractivity contribution in [2.75, 3.05) is 20.1 Å². The van der Waals surface area contributed by atoms with E-state index in [0.717, 1.165) is 25.2 Å². The Bertz CT molecular complexity index is 396. The highest BCUT2D eigenvalue weighted by Gasteiger charge is 2.21. The maximum atomic E-state index is 4.55. The average Bonchev–Trinajstić information content (AvgIpc) is 2.67. The van der Waals surface area contributed by atoms with Crippen LogP contribution in [0, 0.1) is 0 Å². The lowest BCUT2D eigenvalue weighted by atomic mass is 10.1. The Hall–Kier alpha value is -0.390. The van der Waals surface area contributed by atoms with Crippen LogP contribution in [0.2, 0.25) is 0 Å². The minimum atomic E-state index is 0.644. The molecular formula is C13H23BrN4. The first-order chi connectivity index (χ1) is 8.63. The molecule has 2 rings (SSSR count). The highest BCUT2D eigenvalue weighted by molar-refractivity contribution is 9.10. The van der Waals surface area contributed by atoms with E-state index in [0.29, 0.717) is 6.04 Å². The number of nitrogens with zero attached hydrogens (tertiary/aromatic N) is 3.